The van der Waals surface area contributed by atoms with E-state index in [0.717, 1.165) is 19.4 Å². The number of benzene rings is 1. The summed E-state index contributed by atoms with van der Waals surface area (Å²) in [7, 11) is 0. The molecule has 0 heterocycles. The van der Waals surface area contributed by atoms with Crippen molar-refractivity contribution in [3.63, 3.8) is 0 Å². The lowest BCUT2D eigenvalue weighted by molar-refractivity contribution is -0.318. The number of rotatable bonds is 2. The monoisotopic (exact) mass is 360 g/mol. The summed E-state index contributed by atoms with van der Waals surface area (Å²) in [5, 5.41) is 16.5. The van der Waals surface area contributed by atoms with E-state index in [1.54, 1.807) is 20.8 Å². The van der Waals surface area contributed by atoms with Crippen LogP contribution < -0.4 is 0 Å². The van der Waals surface area contributed by atoms with Crippen LogP contribution in [0.2, 0.25) is 0 Å². The van der Waals surface area contributed by atoms with E-state index in [1.165, 1.54) is 0 Å². The van der Waals surface area contributed by atoms with Crippen molar-refractivity contribution in [1.29, 1.82) is 0 Å². The molecule has 0 fully saturated rings. The van der Waals surface area contributed by atoms with Gasteiger partial charge in [0.1, 0.15) is 5.60 Å². The van der Waals surface area contributed by atoms with Crippen molar-refractivity contribution in [1.82, 2.24) is 0 Å². The van der Waals surface area contributed by atoms with Crippen molar-refractivity contribution in [2.75, 3.05) is 0 Å². The molecule has 0 saturated carbocycles. The highest BCUT2D eigenvalue weighted by Crippen LogP contribution is 2.22. The van der Waals surface area contributed by atoms with Gasteiger partial charge in [0.15, 0.2) is 0 Å². The summed E-state index contributed by atoms with van der Waals surface area (Å²) in [6, 6.07) is 9.58. The molecular weight excluding hydrogens is 332 g/mol. The van der Waals surface area contributed by atoms with Gasteiger partial charge < -0.3 is 0 Å². The quantitative estimate of drug-likeness (QED) is 0.606. The number of carbonyl (C=O) groups is 2. The second kappa shape index (κ2) is 12.4. The zero-order chi connectivity index (χ0) is 20.1. The van der Waals surface area contributed by atoms with Crippen molar-refractivity contribution in [2.45, 2.75) is 59.7 Å². The predicted molar refractivity (Wildman–Crippen MR) is 90.2 cm³/mol. The first-order valence-electron chi connectivity index (χ1n) is 7.42. The fourth-order valence-electron chi connectivity index (χ4n) is 1.01. The molecule has 2 N–H and O–H groups in total. The van der Waals surface area contributed by atoms with Crippen LogP contribution in [0.5, 0.6) is 0 Å². The largest absolute Gasteiger partial charge is 0.352 e. The third-order valence-electron chi connectivity index (χ3n) is 2.25. The Morgan fingerprint density at radius 3 is 1.40 bits per heavy atom. The summed E-state index contributed by atoms with van der Waals surface area (Å²) < 4.78 is 0. The lowest BCUT2D eigenvalue weighted by atomic mass is 9.99. The minimum Gasteiger partial charge on any atom is -0.251 e. The summed E-state index contributed by atoms with van der Waals surface area (Å²) in [6.07, 6.45) is 0. The first-order chi connectivity index (χ1) is 11.4. The third kappa shape index (κ3) is 16.6. The molecule has 0 unspecified atom stereocenters. The Bertz CT molecular complexity index is 477. The highest BCUT2D eigenvalue weighted by Gasteiger charge is 2.20. The van der Waals surface area contributed by atoms with Crippen molar-refractivity contribution < 1.29 is 39.7 Å². The van der Waals surface area contributed by atoms with E-state index in [1.807, 2.05) is 44.2 Å². The van der Waals surface area contributed by atoms with Gasteiger partial charge in [-0.3, -0.25) is 10.5 Å². The third-order valence-corrected chi connectivity index (χ3v) is 2.25. The Labute approximate surface area is 148 Å². The maximum atomic E-state index is 9.85. The van der Waals surface area contributed by atoms with Crippen LogP contribution in [0.25, 0.3) is 0 Å². The molecule has 0 aromatic heterocycles. The molecule has 1 aromatic rings. The Kier molecular flexibility index (Phi) is 12.5. The van der Waals surface area contributed by atoms with Gasteiger partial charge in [0.05, 0.1) is 5.60 Å². The van der Waals surface area contributed by atoms with E-state index < -0.39 is 23.1 Å². The van der Waals surface area contributed by atoms with Gasteiger partial charge in [0.25, 0.3) is 0 Å². The van der Waals surface area contributed by atoms with E-state index in [0.29, 0.717) is 0 Å². The average molecular weight is 360 g/mol. The maximum absolute atomic E-state index is 9.85. The Hall–Kier alpha value is -2.00. The van der Waals surface area contributed by atoms with E-state index in [9.17, 15) is 9.59 Å². The first-order valence-corrected chi connectivity index (χ1v) is 7.42. The van der Waals surface area contributed by atoms with Gasteiger partial charge in [-0.1, -0.05) is 30.3 Å². The normalized spacial score (nSPS) is 10.4. The molecule has 8 nitrogen and oxygen atoms in total. The van der Waals surface area contributed by atoms with Gasteiger partial charge in [0.2, 0.25) is 0 Å². The van der Waals surface area contributed by atoms with Crippen molar-refractivity contribution in [3.8, 4) is 0 Å². The van der Waals surface area contributed by atoms with Crippen molar-refractivity contribution in [3.05, 3.63) is 35.9 Å². The minimum atomic E-state index is -0.639. The lowest BCUT2D eigenvalue weighted by Crippen LogP contribution is -2.19. The van der Waals surface area contributed by atoms with E-state index in [2.05, 4.69) is 19.6 Å². The number of carbonyl (C=O) groups excluding carboxylic acids is 2. The standard InChI is InChI=1S/C9H12O2.C4H6O4.C4H10O2/c1-9(2,11-10)8-6-4-3-5-7-8;1-3(5)7-8-4(2)6;1-4(2,3)6-5/h3-7,10H,1-2H3;1-2H3;5H,1-3H3. The molecule has 0 radical (unpaired) electrons. The maximum Gasteiger partial charge on any atom is 0.352 e. The Balaban J connectivity index is 0. The van der Waals surface area contributed by atoms with E-state index in [-0.39, 0.29) is 0 Å². The highest BCUT2D eigenvalue weighted by atomic mass is 17.2. The van der Waals surface area contributed by atoms with Gasteiger partial charge >= 0.3 is 11.9 Å². The number of hydrogen-bond acceptors (Lipinski definition) is 8. The summed E-state index contributed by atoms with van der Waals surface area (Å²) in [6.45, 7) is 11.2. The molecule has 25 heavy (non-hydrogen) atoms. The second-order valence-corrected chi connectivity index (χ2v) is 6.32. The fourth-order valence-corrected chi connectivity index (χ4v) is 1.01. The topological polar surface area (TPSA) is 112 Å². The molecule has 0 amide bonds. The summed E-state index contributed by atoms with van der Waals surface area (Å²) >= 11 is 0. The zero-order valence-electron chi connectivity index (χ0n) is 15.7. The van der Waals surface area contributed by atoms with E-state index >= 15 is 0 Å². The number of hydrogen-bond donors (Lipinski definition) is 2. The van der Waals surface area contributed by atoms with Crippen LogP contribution in [-0.2, 0) is 34.7 Å². The smallest absolute Gasteiger partial charge is 0.251 e. The van der Waals surface area contributed by atoms with Crippen molar-refractivity contribution >= 4 is 11.9 Å². The average Bonchev–Trinajstić information content (AvgIpc) is 2.54. The molecule has 0 aliphatic heterocycles. The molecule has 0 aliphatic rings. The Morgan fingerprint density at radius 1 is 0.800 bits per heavy atom. The molecule has 144 valence electrons. The highest BCUT2D eigenvalue weighted by molar-refractivity contribution is 5.69. The van der Waals surface area contributed by atoms with E-state index in [4.69, 9.17) is 10.5 Å². The van der Waals surface area contributed by atoms with Gasteiger partial charge in [-0.2, -0.15) is 0 Å². The van der Waals surface area contributed by atoms with Crippen LogP contribution in [0.15, 0.2) is 30.3 Å². The SMILES string of the molecule is CC(=O)OOC(C)=O.CC(C)(C)OO.CC(C)(OO)c1ccccc1. The molecule has 0 bridgehead atoms. The summed E-state index contributed by atoms with van der Waals surface area (Å²) in [5.41, 5.74) is -0.0520. The van der Waals surface area contributed by atoms with Gasteiger partial charge in [-0.15, -0.1) is 0 Å². The molecule has 0 spiro atoms. The zero-order valence-corrected chi connectivity index (χ0v) is 15.7. The molecule has 1 aromatic carbocycles. The lowest BCUT2D eigenvalue weighted by Gasteiger charge is -2.20. The van der Waals surface area contributed by atoms with Crippen LogP contribution in [0.4, 0.5) is 0 Å². The first kappa shape index (κ1) is 25.2. The molecule has 1 rings (SSSR count). The fraction of sp³-hybridized carbons (Fsp3) is 0.529. The van der Waals surface area contributed by atoms with Crippen LogP contribution in [-0.4, -0.2) is 28.1 Å². The van der Waals surface area contributed by atoms with Crippen LogP contribution >= 0.6 is 0 Å². The van der Waals surface area contributed by atoms with Gasteiger partial charge in [-0.05, 0) is 40.2 Å². The summed E-state index contributed by atoms with van der Waals surface area (Å²) in [5.74, 6) is -1.28. The van der Waals surface area contributed by atoms with Crippen molar-refractivity contribution in [2.24, 2.45) is 0 Å². The molecule has 0 saturated heterocycles. The van der Waals surface area contributed by atoms with Gasteiger partial charge in [0, 0.05) is 13.8 Å². The van der Waals surface area contributed by atoms with Crippen LogP contribution in [0.1, 0.15) is 54.0 Å². The Morgan fingerprint density at radius 2 is 1.16 bits per heavy atom. The molecule has 8 heteroatoms. The van der Waals surface area contributed by atoms with Crippen LogP contribution in [0.3, 0.4) is 0 Å². The summed E-state index contributed by atoms with van der Waals surface area (Å²) in [4.78, 5) is 35.6. The predicted octanol–water partition coefficient (Wildman–Crippen LogP) is 3.71. The van der Waals surface area contributed by atoms with Crippen LogP contribution in [0, 0.1) is 0 Å². The minimum absolute atomic E-state index is 0.403. The molecule has 0 aliphatic carbocycles. The second-order valence-electron chi connectivity index (χ2n) is 6.32. The van der Waals surface area contributed by atoms with Gasteiger partial charge in [-0.25, -0.2) is 29.1 Å². The molecule has 0 atom stereocenters. The molecular formula is C17H28O8.